The van der Waals surface area contributed by atoms with Gasteiger partial charge in [0.15, 0.2) is 0 Å². The van der Waals surface area contributed by atoms with Crippen molar-refractivity contribution >= 4 is 18.0 Å². The average molecular weight is 479 g/mol. The number of piperidine rings is 1. The molecule has 4 rings (SSSR count). The van der Waals surface area contributed by atoms with Crippen LogP contribution in [-0.2, 0) is 14.3 Å². The lowest BCUT2D eigenvalue weighted by atomic mass is 9.74. The van der Waals surface area contributed by atoms with Gasteiger partial charge in [-0.15, -0.1) is 0 Å². The number of rotatable bonds is 7. The van der Waals surface area contributed by atoms with E-state index >= 15 is 0 Å². The van der Waals surface area contributed by atoms with Crippen LogP contribution < -0.4 is 5.32 Å². The molecule has 2 amide bonds. The molecule has 0 spiro atoms. The molecule has 1 fully saturated rings. The number of likely N-dealkylation sites (tertiary alicyclic amines) is 1. The van der Waals surface area contributed by atoms with Crippen LogP contribution in [0.3, 0.4) is 0 Å². The SMILES string of the molecule is CC(CNC(=O)OCC1c2ccccc2-c2ccccc21)C(=O)N1CCCC(C(C)(C)C(=O)O)C1. The third-order valence-electron chi connectivity index (χ3n) is 7.62. The summed E-state index contributed by atoms with van der Waals surface area (Å²) in [4.78, 5) is 38.8. The number of ether oxygens (including phenoxy) is 1. The summed E-state index contributed by atoms with van der Waals surface area (Å²) in [6.07, 6.45) is 1.02. The van der Waals surface area contributed by atoms with Gasteiger partial charge in [0.1, 0.15) is 6.61 Å². The van der Waals surface area contributed by atoms with Crippen LogP contribution in [0.4, 0.5) is 4.79 Å². The largest absolute Gasteiger partial charge is 0.481 e. The fourth-order valence-electron chi connectivity index (χ4n) is 5.23. The van der Waals surface area contributed by atoms with E-state index in [4.69, 9.17) is 4.74 Å². The molecule has 0 saturated carbocycles. The van der Waals surface area contributed by atoms with Crippen LogP contribution in [-0.4, -0.2) is 54.2 Å². The number of amides is 2. The molecule has 35 heavy (non-hydrogen) atoms. The third-order valence-corrected chi connectivity index (χ3v) is 7.62. The number of carboxylic acids is 1. The molecule has 2 unspecified atom stereocenters. The van der Waals surface area contributed by atoms with Crippen LogP contribution in [0.2, 0.25) is 0 Å². The van der Waals surface area contributed by atoms with E-state index in [2.05, 4.69) is 29.6 Å². The van der Waals surface area contributed by atoms with Crippen LogP contribution in [0.1, 0.15) is 50.7 Å². The molecule has 0 aromatic heterocycles. The summed E-state index contributed by atoms with van der Waals surface area (Å²) < 4.78 is 5.56. The maximum atomic E-state index is 13.0. The average Bonchev–Trinajstić information content (AvgIpc) is 3.19. The van der Waals surface area contributed by atoms with Gasteiger partial charge in [0.25, 0.3) is 0 Å². The Labute approximate surface area is 206 Å². The van der Waals surface area contributed by atoms with Gasteiger partial charge in [-0.2, -0.15) is 0 Å². The number of carbonyl (C=O) groups excluding carboxylic acids is 2. The summed E-state index contributed by atoms with van der Waals surface area (Å²) in [5, 5.41) is 12.3. The zero-order valence-corrected chi connectivity index (χ0v) is 20.6. The highest BCUT2D eigenvalue weighted by Crippen LogP contribution is 2.44. The standard InChI is InChI=1S/C28H34N2O5/c1-18(25(31)30-14-8-9-19(16-30)28(2,3)26(32)33)15-29-27(34)35-17-24-22-12-6-4-10-20(22)21-11-5-7-13-23(21)24/h4-7,10-13,18-19,24H,8-9,14-17H2,1-3H3,(H,29,34)(H,32,33). The van der Waals surface area contributed by atoms with Gasteiger partial charge in [-0.3, -0.25) is 9.59 Å². The first-order chi connectivity index (χ1) is 16.7. The predicted molar refractivity (Wildman–Crippen MR) is 133 cm³/mol. The monoisotopic (exact) mass is 478 g/mol. The number of aliphatic carboxylic acids is 1. The molecule has 2 aromatic rings. The zero-order valence-electron chi connectivity index (χ0n) is 20.6. The van der Waals surface area contributed by atoms with Gasteiger partial charge in [0, 0.05) is 25.6 Å². The van der Waals surface area contributed by atoms with Crippen molar-refractivity contribution in [2.45, 2.75) is 39.5 Å². The molecule has 1 saturated heterocycles. The van der Waals surface area contributed by atoms with Crippen LogP contribution in [0.25, 0.3) is 11.1 Å². The second-order valence-corrected chi connectivity index (χ2v) is 10.3. The lowest BCUT2D eigenvalue weighted by molar-refractivity contribution is -0.153. The highest BCUT2D eigenvalue weighted by Gasteiger charge is 2.40. The van der Waals surface area contributed by atoms with Crippen molar-refractivity contribution in [3.8, 4) is 11.1 Å². The molecule has 2 atom stereocenters. The lowest BCUT2D eigenvalue weighted by Gasteiger charge is -2.40. The summed E-state index contributed by atoms with van der Waals surface area (Å²) in [6.45, 7) is 6.64. The van der Waals surface area contributed by atoms with E-state index in [9.17, 15) is 19.5 Å². The van der Waals surface area contributed by atoms with Gasteiger partial charge >= 0.3 is 12.1 Å². The maximum absolute atomic E-state index is 13.0. The molecule has 1 aliphatic heterocycles. The smallest absolute Gasteiger partial charge is 0.407 e. The molecule has 1 aliphatic carbocycles. The van der Waals surface area contributed by atoms with Gasteiger partial charge in [0.2, 0.25) is 5.91 Å². The van der Waals surface area contributed by atoms with E-state index < -0.39 is 23.4 Å². The number of benzene rings is 2. The fraction of sp³-hybridized carbons (Fsp3) is 0.464. The Bertz CT molecular complexity index is 1070. The van der Waals surface area contributed by atoms with E-state index in [1.165, 1.54) is 11.1 Å². The summed E-state index contributed by atoms with van der Waals surface area (Å²) in [7, 11) is 0. The normalized spacial score (nSPS) is 18.4. The lowest BCUT2D eigenvalue weighted by Crippen LogP contribution is -2.49. The molecule has 7 heteroatoms. The first-order valence-electron chi connectivity index (χ1n) is 12.3. The van der Waals surface area contributed by atoms with Gasteiger partial charge in [-0.05, 0) is 54.9 Å². The van der Waals surface area contributed by atoms with Crippen molar-refractivity contribution in [2.75, 3.05) is 26.2 Å². The molecular formula is C28H34N2O5. The van der Waals surface area contributed by atoms with Crippen molar-refractivity contribution in [1.29, 1.82) is 0 Å². The Morgan fingerprint density at radius 3 is 2.29 bits per heavy atom. The number of fused-ring (bicyclic) bond motifs is 3. The van der Waals surface area contributed by atoms with Crippen molar-refractivity contribution in [3.05, 3.63) is 59.7 Å². The first kappa shape index (κ1) is 24.8. The van der Waals surface area contributed by atoms with Crippen LogP contribution in [0.15, 0.2) is 48.5 Å². The van der Waals surface area contributed by atoms with Crippen molar-refractivity contribution in [3.63, 3.8) is 0 Å². The van der Waals surface area contributed by atoms with E-state index in [0.717, 1.165) is 24.0 Å². The predicted octanol–water partition coefficient (Wildman–Crippen LogP) is 4.51. The molecule has 186 valence electrons. The molecule has 1 heterocycles. The van der Waals surface area contributed by atoms with Gasteiger partial charge < -0.3 is 20.1 Å². The molecular weight excluding hydrogens is 444 g/mol. The Balaban J connectivity index is 1.29. The highest BCUT2D eigenvalue weighted by molar-refractivity contribution is 5.81. The number of carboxylic acid groups (broad SMARTS) is 1. The Morgan fingerprint density at radius 2 is 1.69 bits per heavy atom. The zero-order chi connectivity index (χ0) is 25.2. The van der Waals surface area contributed by atoms with Crippen LogP contribution in [0.5, 0.6) is 0 Å². The van der Waals surface area contributed by atoms with Gasteiger partial charge in [-0.1, -0.05) is 55.5 Å². The van der Waals surface area contributed by atoms with E-state index in [0.29, 0.717) is 13.1 Å². The van der Waals surface area contributed by atoms with Crippen molar-refractivity contribution in [2.24, 2.45) is 17.3 Å². The molecule has 2 aromatic carbocycles. The number of alkyl carbamates (subject to hydrolysis) is 1. The second kappa shape index (κ2) is 10.1. The minimum absolute atomic E-state index is 0.0184. The molecule has 2 N–H and O–H groups in total. The second-order valence-electron chi connectivity index (χ2n) is 10.3. The highest BCUT2D eigenvalue weighted by atomic mass is 16.5. The fourth-order valence-corrected chi connectivity index (χ4v) is 5.23. The number of nitrogens with one attached hydrogen (secondary N) is 1. The third kappa shape index (κ3) is 5.04. The molecule has 2 aliphatic rings. The minimum atomic E-state index is -0.887. The topological polar surface area (TPSA) is 95.9 Å². The van der Waals surface area contributed by atoms with Crippen molar-refractivity contribution < 1.29 is 24.2 Å². The van der Waals surface area contributed by atoms with Gasteiger partial charge in [-0.25, -0.2) is 4.79 Å². The number of hydrogen-bond acceptors (Lipinski definition) is 4. The van der Waals surface area contributed by atoms with E-state index in [-0.39, 0.29) is 30.9 Å². The summed E-state index contributed by atoms with van der Waals surface area (Å²) in [5.74, 6) is -1.46. The van der Waals surface area contributed by atoms with Gasteiger partial charge in [0.05, 0.1) is 11.3 Å². The Morgan fingerprint density at radius 1 is 1.09 bits per heavy atom. The van der Waals surface area contributed by atoms with E-state index in [1.807, 2.05) is 24.3 Å². The number of nitrogens with zero attached hydrogens (tertiary/aromatic N) is 1. The number of carbonyl (C=O) groups is 3. The number of hydrogen-bond donors (Lipinski definition) is 2. The minimum Gasteiger partial charge on any atom is -0.481 e. The van der Waals surface area contributed by atoms with E-state index in [1.54, 1.807) is 25.7 Å². The Hall–Kier alpha value is -3.35. The van der Waals surface area contributed by atoms with Crippen LogP contribution >= 0.6 is 0 Å². The first-order valence-corrected chi connectivity index (χ1v) is 12.3. The van der Waals surface area contributed by atoms with Crippen molar-refractivity contribution in [1.82, 2.24) is 10.2 Å². The van der Waals surface area contributed by atoms with Crippen LogP contribution in [0, 0.1) is 17.3 Å². The maximum Gasteiger partial charge on any atom is 0.407 e. The summed E-state index contributed by atoms with van der Waals surface area (Å²) >= 11 is 0. The molecule has 0 radical (unpaired) electrons. The quantitative estimate of drug-likeness (QED) is 0.610. The Kier molecular flexibility index (Phi) is 7.15. The summed E-state index contributed by atoms with van der Waals surface area (Å²) in [5.41, 5.74) is 3.74. The molecule has 0 bridgehead atoms. The molecule has 7 nitrogen and oxygen atoms in total. The summed E-state index contributed by atoms with van der Waals surface area (Å²) in [6, 6.07) is 16.3.